The molecule has 0 radical (unpaired) electrons. The first-order valence-electron chi connectivity index (χ1n) is 12.3. The number of anilines is 1. The summed E-state index contributed by atoms with van der Waals surface area (Å²) in [7, 11) is -4.06. The molecular formula is C24H20F2N10O2S2. The highest BCUT2D eigenvalue weighted by atomic mass is 32.2. The van der Waals surface area contributed by atoms with Crippen LogP contribution < -0.4 is 9.62 Å². The lowest BCUT2D eigenvalue weighted by Crippen LogP contribution is -2.35. The SMILES string of the molecule is Cc1cnc2n1CCN(c1ncnc3c1c1ccc(S(=O)(=O)NC4(C#N)CC4)cc1n3-c1nnc(C(F)F)s1)C2. The van der Waals surface area contributed by atoms with Crippen molar-refractivity contribution in [2.24, 2.45) is 0 Å². The maximum Gasteiger partial charge on any atom is 0.291 e. The number of hydrogen-bond donors (Lipinski definition) is 1. The van der Waals surface area contributed by atoms with Crippen molar-refractivity contribution in [3.63, 3.8) is 0 Å². The van der Waals surface area contributed by atoms with Gasteiger partial charge in [0.1, 0.15) is 23.5 Å². The first kappa shape index (κ1) is 24.9. The Morgan fingerprint density at radius 3 is 2.73 bits per heavy atom. The van der Waals surface area contributed by atoms with Crippen LogP contribution in [0.15, 0.2) is 35.6 Å². The largest absolute Gasteiger partial charge is 0.347 e. The third-order valence-electron chi connectivity index (χ3n) is 7.27. The second-order valence-electron chi connectivity index (χ2n) is 9.82. The van der Waals surface area contributed by atoms with Crippen LogP contribution in [-0.4, -0.2) is 54.8 Å². The topological polar surface area (TPSA) is 148 Å². The van der Waals surface area contributed by atoms with Crippen molar-refractivity contribution in [1.82, 2.24) is 39.0 Å². The first-order chi connectivity index (χ1) is 19.2. The van der Waals surface area contributed by atoms with Gasteiger partial charge in [-0.3, -0.25) is 4.57 Å². The molecule has 1 aliphatic heterocycles. The van der Waals surface area contributed by atoms with E-state index in [2.05, 4.69) is 39.3 Å². The van der Waals surface area contributed by atoms with E-state index in [-0.39, 0.29) is 10.0 Å². The number of imidazole rings is 1. The molecule has 1 aliphatic carbocycles. The zero-order valence-corrected chi connectivity index (χ0v) is 22.5. The zero-order valence-electron chi connectivity index (χ0n) is 20.9. The monoisotopic (exact) mass is 582 g/mol. The quantitative estimate of drug-likeness (QED) is 0.319. The van der Waals surface area contributed by atoms with E-state index in [0.29, 0.717) is 71.6 Å². The number of hydrogen-bond acceptors (Lipinski definition) is 10. The smallest absolute Gasteiger partial charge is 0.291 e. The standard InChI is InChI=1S/C24H20F2N10O2S2/c1-13-9-28-17-10-34(6-7-35(13)17)20-18-15-3-2-14(40(37,38)33-24(11-27)4-5-24)8-16(15)36(21(18)30-12-29-20)23-32-31-22(39-23)19(25)26/h2-3,8-9,12,19,33H,4-7,10H2,1H3. The van der Waals surface area contributed by atoms with Crippen molar-refractivity contribution in [2.45, 2.75) is 49.7 Å². The Bertz CT molecular complexity index is 1970. The van der Waals surface area contributed by atoms with Gasteiger partial charge in [-0.15, -0.1) is 10.2 Å². The van der Waals surface area contributed by atoms with E-state index in [1.165, 1.54) is 23.0 Å². The normalized spacial score (nSPS) is 16.5. The number of aryl methyl sites for hydroxylation is 1. The second-order valence-corrected chi connectivity index (χ2v) is 12.5. The number of halogens is 2. The summed E-state index contributed by atoms with van der Waals surface area (Å²) in [5.74, 6) is 1.49. The summed E-state index contributed by atoms with van der Waals surface area (Å²) in [6.45, 7) is 3.84. The highest BCUT2D eigenvalue weighted by molar-refractivity contribution is 7.89. The number of nitriles is 1. The molecule has 12 nitrogen and oxygen atoms in total. The number of aromatic nitrogens is 7. The Hall–Kier alpha value is -4.07. The Morgan fingerprint density at radius 2 is 2.00 bits per heavy atom. The van der Waals surface area contributed by atoms with Crippen molar-refractivity contribution < 1.29 is 17.2 Å². The third kappa shape index (κ3) is 3.84. The van der Waals surface area contributed by atoms with Crippen molar-refractivity contribution in [1.29, 1.82) is 5.26 Å². The summed E-state index contributed by atoms with van der Waals surface area (Å²) in [5.41, 5.74) is 0.716. The van der Waals surface area contributed by atoms with Gasteiger partial charge in [0.25, 0.3) is 6.43 Å². The molecule has 204 valence electrons. The fraction of sp³-hybridized carbons (Fsp3) is 0.333. The van der Waals surface area contributed by atoms with Crippen LogP contribution in [0.4, 0.5) is 14.6 Å². The molecular weight excluding hydrogens is 562 g/mol. The molecule has 0 spiro atoms. The Morgan fingerprint density at radius 1 is 1.18 bits per heavy atom. The van der Waals surface area contributed by atoms with Crippen LogP contribution in [0, 0.1) is 18.3 Å². The van der Waals surface area contributed by atoms with Crippen molar-refractivity contribution in [2.75, 3.05) is 11.4 Å². The summed E-state index contributed by atoms with van der Waals surface area (Å²) in [4.78, 5) is 15.6. The highest BCUT2D eigenvalue weighted by Crippen LogP contribution is 2.40. The number of nitrogens with zero attached hydrogens (tertiary/aromatic N) is 9. The van der Waals surface area contributed by atoms with Gasteiger partial charge >= 0.3 is 0 Å². The lowest BCUT2D eigenvalue weighted by Gasteiger charge is -2.29. The molecule has 5 aromatic rings. The predicted molar refractivity (Wildman–Crippen MR) is 141 cm³/mol. The molecule has 0 amide bonds. The van der Waals surface area contributed by atoms with Crippen LogP contribution in [0.2, 0.25) is 0 Å². The van der Waals surface area contributed by atoms with E-state index >= 15 is 0 Å². The van der Waals surface area contributed by atoms with Crippen LogP contribution >= 0.6 is 11.3 Å². The van der Waals surface area contributed by atoms with Gasteiger partial charge in [-0.25, -0.2) is 32.2 Å². The first-order valence-corrected chi connectivity index (χ1v) is 14.6. The van der Waals surface area contributed by atoms with Crippen LogP contribution in [0.25, 0.3) is 27.1 Å². The molecule has 2 aliphatic rings. The second kappa shape index (κ2) is 8.71. The molecule has 16 heteroatoms. The maximum atomic E-state index is 13.4. The fourth-order valence-electron chi connectivity index (χ4n) is 5.08. The molecule has 0 atom stereocenters. The third-order valence-corrected chi connectivity index (χ3v) is 9.72. The molecule has 1 fully saturated rings. The van der Waals surface area contributed by atoms with Crippen LogP contribution in [-0.2, 0) is 23.1 Å². The number of rotatable bonds is 6. The summed E-state index contributed by atoms with van der Waals surface area (Å²) in [6.07, 6.45) is 1.26. The van der Waals surface area contributed by atoms with Gasteiger partial charge in [-0.1, -0.05) is 17.4 Å². The van der Waals surface area contributed by atoms with Gasteiger partial charge in [-0.2, -0.15) is 9.98 Å². The summed E-state index contributed by atoms with van der Waals surface area (Å²) < 4.78 is 59.5. The Labute approximate surface area is 230 Å². The van der Waals surface area contributed by atoms with Gasteiger partial charge in [0.15, 0.2) is 10.7 Å². The number of sulfonamides is 1. The van der Waals surface area contributed by atoms with E-state index in [1.54, 1.807) is 6.07 Å². The van der Waals surface area contributed by atoms with E-state index < -0.39 is 27.0 Å². The van der Waals surface area contributed by atoms with Crippen LogP contribution in [0.5, 0.6) is 0 Å². The Kier molecular flexibility index (Phi) is 5.43. The Balaban J connectivity index is 1.44. The van der Waals surface area contributed by atoms with E-state index in [9.17, 15) is 22.5 Å². The highest BCUT2D eigenvalue weighted by Gasteiger charge is 2.47. The van der Waals surface area contributed by atoms with E-state index in [0.717, 1.165) is 11.5 Å². The van der Waals surface area contributed by atoms with Gasteiger partial charge in [0.2, 0.25) is 15.2 Å². The van der Waals surface area contributed by atoms with Gasteiger partial charge in [-0.05, 0) is 31.9 Å². The molecule has 1 N–H and O–H groups in total. The van der Waals surface area contributed by atoms with E-state index in [1.807, 2.05) is 19.2 Å². The minimum absolute atomic E-state index is 0.0748. The average molecular weight is 583 g/mol. The average Bonchev–Trinajstić information content (AvgIpc) is 3.26. The van der Waals surface area contributed by atoms with Gasteiger partial charge < -0.3 is 9.47 Å². The number of benzene rings is 1. The maximum absolute atomic E-state index is 13.4. The van der Waals surface area contributed by atoms with Crippen molar-refractivity contribution in [3.8, 4) is 11.2 Å². The minimum Gasteiger partial charge on any atom is -0.347 e. The van der Waals surface area contributed by atoms with Gasteiger partial charge in [0, 0.05) is 30.4 Å². The molecule has 7 rings (SSSR count). The molecule has 0 saturated heterocycles. The molecule has 40 heavy (non-hydrogen) atoms. The van der Waals surface area contributed by atoms with Crippen molar-refractivity contribution >= 4 is 49.1 Å². The molecule has 5 heterocycles. The summed E-state index contributed by atoms with van der Waals surface area (Å²) >= 11 is 0.696. The predicted octanol–water partition coefficient (Wildman–Crippen LogP) is 3.22. The van der Waals surface area contributed by atoms with E-state index in [4.69, 9.17) is 0 Å². The zero-order chi connectivity index (χ0) is 27.8. The number of alkyl halides is 2. The van der Waals surface area contributed by atoms with Crippen LogP contribution in [0.3, 0.4) is 0 Å². The van der Waals surface area contributed by atoms with Crippen molar-refractivity contribution in [3.05, 3.63) is 47.2 Å². The number of nitrogens with one attached hydrogen (secondary N) is 1. The molecule has 0 bridgehead atoms. The summed E-state index contributed by atoms with van der Waals surface area (Å²) in [5, 5.41) is 17.9. The lowest BCUT2D eigenvalue weighted by atomic mass is 10.2. The molecule has 1 saturated carbocycles. The molecule has 1 aromatic carbocycles. The fourth-order valence-corrected chi connectivity index (χ4v) is 7.19. The summed E-state index contributed by atoms with van der Waals surface area (Å²) in [6, 6.07) is 6.56. The van der Waals surface area contributed by atoms with Crippen LogP contribution in [0.1, 0.15) is 35.8 Å². The van der Waals surface area contributed by atoms with Gasteiger partial charge in [0.05, 0.1) is 28.4 Å². The molecule has 0 unspecified atom stereocenters. The minimum atomic E-state index is -4.06. The number of fused-ring (bicyclic) bond motifs is 4. The molecule has 4 aromatic heterocycles. The lowest BCUT2D eigenvalue weighted by molar-refractivity contribution is 0.150.